The third kappa shape index (κ3) is 24.2. The minimum absolute atomic E-state index is 0.0821. The van der Waals surface area contributed by atoms with E-state index in [-0.39, 0.29) is 5.97 Å². The van der Waals surface area contributed by atoms with Gasteiger partial charge in [0, 0.05) is 26.1 Å². The molecule has 0 rings (SSSR count). The maximum absolute atomic E-state index is 11.6. The van der Waals surface area contributed by atoms with E-state index in [1.807, 2.05) is 6.92 Å². The van der Waals surface area contributed by atoms with Gasteiger partial charge in [0.25, 0.3) is 0 Å². The zero-order chi connectivity index (χ0) is 22.0. The van der Waals surface area contributed by atoms with Crippen LogP contribution < -0.4 is 0 Å². The molecule has 0 atom stereocenters. The Labute approximate surface area is 185 Å². The number of hydrogen-bond acceptors (Lipinski definition) is 3. The zero-order valence-corrected chi connectivity index (χ0v) is 19.4. The molecular formula is C27H44O3. The molecule has 0 spiro atoms. The summed E-state index contributed by atoms with van der Waals surface area (Å²) in [6.45, 7) is 5.97. The third-order valence-electron chi connectivity index (χ3n) is 4.31. The van der Waals surface area contributed by atoms with Crippen molar-refractivity contribution >= 4 is 5.97 Å². The first-order chi connectivity index (χ1) is 14.8. The van der Waals surface area contributed by atoms with Crippen LogP contribution in [0.3, 0.4) is 0 Å². The summed E-state index contributed by atoms with van der Waals surface area (Å²) < 4.78 is 10.4. The summed E-state index contributed by atoms with van der Waals surface area (Å²) >= 11 is 0. The predicted octanol–water partition coefficient (Wildman–Crippen LogP) is 7.66. The van der Waals surface area contributed by atoms with Gasteiger partial charge in [0.2, 0.25) is 0 Å². The van der Waals surface area contributed by atoms with Crippen molar-refractivity contribution < 1.29 is 14.3 Å². The lowest BCUT2D eigenvalue weighted by Crippen LogP contribution is -2.07. The highest BCUT2D eigenvalue weighted by molar-refractivity contribution is 5.69. The molecule has 30 heavy (non-hydrogen) atoms. The lowest BCUT2D eigenvalue weighted by atomic mass is 10.1. The second kappa shape index (κ2) is 25.2. The normalized spacial score (nSPS) is 12.5. The second-order valence-corrected chi connectivity index (χ2v) is 7.08. The molecule has 0 radical (unpaired) electrons. The summed E-state index contributed by atoms with van der Waals surface area (Å²) in [6, 6.07) is 0. The molecule has 3 heteroatoms. The Bertz CT molecular complexity index is 512. The van der Waals surface area contributed by atoms with E-state index < -0.39 is 0 Å². The maximum atomic E-state index is 11.6. The van der Waals surface area contributed by atoms with Crippen molar-refractivity contribution in [3.8, 4) is 0 Å². The van der Waals surface area contributed by atoms with Gasteiger partial charge >= 0.3 is 5.97 Å². The minimum atomic E-state index is -0.0821. The van der Waals surface area contributed by atoms with Gasteiger partial charge in [-0.1, -0.05) is 74.1 Å². The molecular weight excluding hydrogens is 372 g/mol. The number of carbonyl (C=O) groups excluding carboxylic acids is 1. The molecule has 0 saturated carbocycles. The van der Waals surface area contributed by atoms with Gasteiger partial charge in [0.15, 0.2) is 0 Å². The van der Waals surface area contributed by atoms with Crippen molar-refractivity contribution in [1.82, 2.24) is 0 Å². The number of ether oxygens (including phenoxy) is 2. The molecule has 0 heterocycles. The fourth-order valence-corrected chi connectivity index (χ4v) is 2.64. The van der Waals surface area contributed by atoms with E-state index in [2.05, 4.69) is 67.7 Å². The molecule has 0 aliphatic heterocycles. The van der Waals surface area contributed by atoms with Gasteiger partial charge in [-0.2, -0.15) is 0 Å². The number of rotatable bonds is 20. The van der Waals surface area contributed by atoms with E-state index in [0.29, 0.717) is 26.2 Å². The lowest BCUT2D eigenvalue weighted by molar-refractivity contribution is -0.144. The molecule has 0 N–H and O–H groups in total. The first-order valence-electron chi connectivity index (χ1n) is 11.8. The number of allylic oxidation sites excluding steroid dienone is 10. The minimum Gasteiger partial charge on any atom is -0.466 e. The second-order valence-electron chi connectivity index (χ2n) is 7.08. The standard InChI is InChI=1S/C27H44O3/c1-3-5-6-7-8-9-10-11-12-13-14-15-16-17-18-19-20-21-22-24-27(28)30-26-23-25-29-4-2/h5-6,8-9,11-12,14-15,17-18H,3-4,7,10,13,16,19-26H2,1-2H3/b6-5-,9-8-,12-11-,15-14-,18-17-. The van der Waals surface area contributed by atoms with E-state index >= 15 is 0 Å². The molecule has 0 aromatic rings. The van der Waals surface area contributed by atoms with E-state index in [0.717, 1.165) is 64.2 Å². The smallest absolute Gasteiger partial charge is 0.305 e. The van der Waals surface area contributed by atoms with Crippen molar-refractivity contribution in [2.45, 2.75) is 84.5 Å². The van der Waals surface area contributed by atoms with Crippen LogP contribution in [0.5, 0.6) is 0 Å². The molecule has 0 fully saturated rings. The Morgan fingerprint density at radius 3 is 1.77 bits per heavy atom. The SMILES string of the molecule is CC/C=C\C/C=C\C/C=C\C/C=C\C/C=C\CCCCCC(=O)OCCCOCC. The Hall–Kier alpha value is -1.87. The van der Waals surface area contributed by atoms with Gasteiger partial charge in [0.05, 0.1) is 6.61 Å². The summed E-state index contributed by atoms with van der Waals surface area (Å²) in [7, 11) is 0. The zero-order valence-electron chi connectivity index (χ0n) is 19.4. The van der Waals surface area contributed by atoms with E-state index in [4.69, 9.17) is 9.47 Å². The molecule has 0 aromatic heterocycles. The average Bonchev–Trinajstić information content (AvgIpc) is 2.75. The van der Waals surface area contributed by atoms with Crippen LogP contribution in [-0.2, 0) is 14.3 Å². The third-order valence-corrected chi connectivity index (χ3v) is 4.31. The first-order valence-corrected chi connectivity index (χ1v) is 11.8. The number of unbranched alkanes of at least 4 members (excludes halogenated alkanes) is 3. The van der Waals surface area contributed by atoms with Crippen LogP contribution in [0.2, 0.25) is 0 Å². The Morgan fingerprint density at radius 1 is 0.633 bits per heavy atom. The number of carbonyl (C=O) groups is 1. The highest BCUT2D eigenvalue weighted by Gasteiger charge is 2.01. The molecule has 0 saturated heterocycles. The quantitative estimate of drug-likeness (QED) is 0.116. The largest absolute Gasteiger partial charge is 0.466 e. The Morgan fingerprint density at radius 2 is 1.20 bits per heavy atom. The lowest BCUT2D eigenvalue weighted by Gasteiger charge is -2.04. The Kier molecular flexibility index (Phi) is 23.6. The van der Waals surface area contributed by atoms with Crippen LogP contribution in [-0.4, -0.2) is 25.8 Å². The molecule has 0 aliphatic carbocycles. The average molecular weight is 417 g/mol. The maximum Gasteiger partial charge on any atom is 0.305 e. The number of esters is 1. The van der Waals surface area contributed by atoms with Gasteiger partial charge < -0.3 is 9.47 Å². The summed E-state index contributed by atoms with van der Waals surface area (Å²) in [6.07, 6.45) is 32.8. The van der Waals surface area contributed by atoms with E-state index in [1.165, 1.54) is 0 Å². The van der Waals surface area contributed by atoms with Crippen LogP contribution in [0.1, 0.15) is 84.5 Å². The molecule has 0 bridgehead atoms. The van der Waals surface area contributed by atoms with Gasteiger partial charge in [-0.3, -0.25) is 4.79 Å². The van der Waals surface area contributed by atoms with Crippen LogP contribution in [0.15, 0.2) is 60.8 Å². The topological polar surface area (TPSA) is 35.5 Å². The van der Waals surface area contributed by atoms with Crippen LogP contribution in [0.25, 0.3) is 0 Å². The van der Waals surface area contributed by atoms with Crippen LogP contribution in [0, 0.1) is 0 Å². The predicted molar refractivity (Wildman–Crippen MR) is 130 cm³/mol. The van der Waals surface area contributed by atoms with Gasteiger partial charge in [0.1, 0.15) is 0 Å². The summed E-state index contributed by atoms with van der Waals surface area (Å²) in [5.74, 6) is -0.0821. The summed E-state index contributed by atoms with van der Waals surface area (Å²) in [4.78, 5) is 11.6. The molecule has 3 nitrogen and oxygen atoms in total. The monoisotopic (exact) mass is 416 g/mol. The van der Waals surface area contributed by atoms with Gasteiger partial charge in [-0.25, -0.2) is 0 Å². The summed E-state index contributed by atoms with van der Waals surface area (Å²) in [5.41, 5.74) is 0. The van der Waals surface area contributed by atoms with Crippen molar-refractivity contribution in [1.29, 1.82) is 0 Å². The molecule has 0 aromatic carbocycles. The van der Waals surface area contributed by atoms with Crippen molar-refractivity contribution in [2.75, 3.05) is 19.8 Å². The number of hydrogen-bond donors (Lipinski definition) is 0. The highest BCUT2D eigenvalue weighted by atomic mass is 16.5. The van der Waals surface area contributed by atoms with Gasteiger partial charge in [-0.15, -0.1) is 0 Å². The van der Waals surface area contributed by atoms with E-state index in [1.54, 1.807) is 0 Å². The fourth-order valence-electron chi connectivity index (χ4n) is 2.64. The van der Waals surface area contributed by atoms with Crippen molar-refractivity contribution in [3.63, 3.8) is 0 Å². The highest BCUT2D eigenvalue weighted by Crippen LogP contribution is 2.05. The van der Waals surface area contributed by atoms with Crippen LogP contribution >= 0.6 is 0 Å². The molecule has 0 amide bonds. The van der Waals surface area contributed by atoms with E-state index in [9.17, 15) is 4.79 Å². The fraction of sp³-hybridized carbons (Fsp3) is 0.593. The Balaban J connectivity index is 3.43. The molecule has 0 aliphatic rings. The molecule has 170 valence electrons. The van der Waals surface area contributed by atoms with Gasteiger partial charge in [-0.05, 0) is 58.3 Å². The summed E-state index contributed by atoms with van der Waals surface area (Å²) in [5, 5.41) is 0. The van der Waals surface area contributed by atoms with Crippen molar-refractivity contribution in [3.05, 3.63) is 60.8 Å². The molecule has 0 unspecified atom stereocenters. The first kappa shape index (κ1) is 28.1. The van der Waals surface area contributed by atoms with Crippen LogP contribution in [0.4, 0.5) is 0 Å². The van der Waals surface area contributed by atoms with Crippen molar-refractivity contribution in [2.24, 2.45) is 0 Å².